The van der Waals surface area contributed by atoms with Crippen molar-refractivity contribution in [2.45, 2.75) is 6.10 Å². The van der Waals surface area contributed by atoms with E-state index in [0.717, 1.165) is 5.56 Å². The number of nitrogens with zero attached hydrogens (tertiary/aromatic N) is 1. The van der Waals surface area contributed by atoms with Crippen molar-refractivity contribution in [1.29, 1.82) is 0 Å². The summed E-state index contributed by atoms with van der Waals surface area (Å²) in [6.45, 7) is 0.591. The molecule has 0 aliphatic carbocycles. The summed E-state index contributed by atoms with van der Waals surface area (Å²) in [5, 5.41) is 11.8. The van der Waals surface area contributed by atoms with Gasteiger partial charge in [-0.05, 0) is 17.7 Å². The van der Waals surface area contributed by atoms with Crippen LogP contribution in [-0.2, 0) is 0 Å². The molecule has 2 amide bonds. The zero-order chi connectivity index (χ0) is 15.5. The third-order valence-corrected chi connectivity index (χ3v) is 3.76. The number of amides is 2. The second-order valence-corrected chi connectivity index (χ2v) is 5.22. The van der Waals surface area contributed by atoms with Crippen LogP contribution in [0.5, 0.6) is 0 Å². The number of nitrogens with two attached hydrogens (primary N) is 1. The van der Waals surface area contributed by atoms with Gasteiger partial charge in [0.1, 0.15) is 12.6 Å². The van der Waals surface area contributed by atoms with Gasteiger partial charge in [-0.15, -0.1) is 0 Å². The van der Waals surface area contributed by atoms with Gasteiger partial charge in [-0.3, -0.25) is 9.59 Å². The lowest BCUT2D eigenvalue weighted by atomic mass is 10.1. The normalized spacial score (nSPS) is 15.0. The quantitative estimate of drug-likeness (QED) is 0.791. The highest BCUT2D eigenvalue weighted by Crippen LogP contribution is 2.21. The molecule has 3 rings (SSSR count). The molecule has 1 heterocycles. The van der Waals surface area contributed by atoms with Gasteiger partial charge >= 0.3 is 0 Å². The van der Waals surface area contributed by atoms with E-state index in [0.29, 0.717) is 17.7 Å². The largest absolute Gasteiger partial charge is 0.382 e. The van der Waals surface area contributed by atoms with Crippen LogP contribution in [0.4, 0.5) is 0 Å². The van der Waals surface area contributed by atoms with E-state index >= 15 is 0 Å². The minimum atomic E-state index is -0.628. The minimum absolute atomic E-state index is 0.205. The molecule has 5 nitrogen and oxygen atoms in total. The first-order valence-corrected chi connectivity index (χ1v) is 7.18. The van der Waals surface area contributed by atoms with E-state index in [9.17, 15) is 14.7 Å². The van der Waals surface area contributed by atoms with Gasteiger partial charge in [0.2, 0.25) is 0 Å². The highest BCUT2D eigenvalue weighted by atomic mass is 16.3. The molecule has 0 unspecified atom stereocenters. The summed E-state index contributed by atoms with van der Waals surface area (Å²) < 4.78 is 0. The molecule has 1 atom stereocenters. The third kappa shape index (κ3) is 2.64. The Balaban J connectivity index is 1.59. The molecule has 112 valence electrons. The van der Waals surface area contributed by atoms with Crippen LogP contribution in [0, 0.1) is 0 Å². The third-order valence-electron chi connectivity index (χ3n) is 3.76. The number of carbonyl (C=O) groups is 2. The predicted octanol–water partition coefficient (Wildman–Crippen LogP) is 0.537. The molecule has 0 aromatic heterocycles. The van der Waals surface area contributed by atoms with Crippen molar-refractivity contribution in [2.24, 2.45) is 0 Å². The molecule has 3 N–H and O–H groups in total. The van der Waals surface area contributed by atoms with Crippen molar-refractivity contribution in [1.82, 2.24) is 4.90 Å². The summed E-state index contributed by atoms with van der Waals surface area (Å²) in [5.74, 6) is -0.544. The first-order valence-electron chi connectivity index (χ1n) is 7.18. The minimum Gasteiger partial charge on any atom is -0.382 e. The smallest absolute Gasteiger partial charge is 0.265 e. The highest BCUT2D eigenvalue weighted by Gasteiger charge is 2.35. The lowest BCUT2D eigenvalue weighted by Crippen LogP contribution is -2.88. The van der Waals surface area contributed by atoms with E-state index in [1.54, 1.807) is 29.6 Å². The fraction of sp³-hybridized carbons (Fsp3) is 0.176. The SMILES string of the molecule is O=C1c2ccccc2C(=O)N1C[NH2+]C[C@H](O)c1ccccc1. The first kappa shape index (κ1) is 14.4. The Kier molecular flexibility index (Phi) is 4.00. The molecule has 0 bridgehead atoms. The van der Waals surface area contributed by atoms with Crippen molar-refractivity contribution in [3.8, 4) is 0 Å². The van der Waals surface area contributed by atoms with Crippen LogP contribution in [0.3, 0.4) is 0 Å². The topological polar surface area (TPSA) is 74.2 Å². The van der Waals surface area contributed by atoms with Gasteiger partial charge in [-0.2, -0.15) is 0 Å². The zero-order valence-corrected chi connectivity index (χ0v) is 12.0. The number of quaternary nitrogens is 1. The van der Waals surface area contributed by atoms with Crippen LogP contribution < -0.4 is 5.32 Å². The number of hydrogen-bond donors (Lipinski definition) is 2. The maximum absolute atomic E-state index is 12.2. The number of aliphatic hydroxyl groups is 1. The Morgan fingerprint density at radius 3 is 2.05 bits per heavy atom. The van der Waals surface area contributed by atoms with Crippen LogP contribution in [0.1, 0.15) is 32.4 Å². The Morgan fingerprint density at radius 2 is 1.45 bits per heavy atom. The number of imide groups is 1. The molecular weight excluding hydrogens is 280 g/mol. The molecule has 22 heavy (non-hydrogen) atoms. The van der Waals surface area contributed by atoms with Crippen molar-refractivity contribution < 1.29 is 20.0 Å². The van der Waals surface area contributed by atoms with Crippen molar-refractivity contribution in [3.63, 3.8) is 0 Å². The molecule has 0 spiro atoms. The Hall–Kier alpha value is -2.50. The van der Waals surface area contributed by atoms with Crippen LogP contribution in [0.25, 0.3) is 0 Å². The number of rotatable bonds is 5. The molecular formula is C17H17N2O3+. The fourth-order valence-corrected chi connectivity index (χ4v) is 2.58. The number of benzene rings is 2. The molecule has 0 radical (unpaired) electrons. The van der Waals surface area contributed by atoms with E-state index in [1.165, 1.54) is 4.90 Å². The number of carbonyl (C=O) groups excluding carboxylic acids is 2. The van der Waals surface area contributed by atoms with Crippen LogP contribution >= 0.6 is 0 Å². The van der Waals surface area contributed by atoms with Crippen LogP contribution in [-0.4, -0.2) is 35.0 Å². The molecule has 0 saturated carbocycles. The van der Waals surface area contributed by atoms with E-state index < -0.39 is 6.10 Å². The summed E-state index contributed by atoms with van der Waals surface area (Å²) in [6, 6.07) is 16.1. The van der Waals surface area contributed by atoms with E-state index in [-0.39, 0.29) is 18.5 Å². The standard InChI is InChI=1S/C17H16N2O3/c20-15(12-6-2-1-3-7-12)10-18-11-19-16(21)13-8-4-5-9-14(13)17(19)22/h1-9,15,18,20H,10-11H2/p+1/t15-/m0/s1. The van der Waals surface area contributed by atoms with Gasteiger partial charge in [0.05, 0.1) is 11.1 Å². The van der Waals surface area contributed by atoms with Crippen molar-refractivity contribution >= 4 is 11.8 Å². The summed E-state index contributed by atoms with van der Waals surface area (Å²) in [4.78, 5) is 25.6. The molecule has 1 aliphatic rings. The van der Waals surface area contributed by atoms with Crippen LogP contribution in [0.15, 0.2) is 54.6 Å². The second-order valence-electron chi connectivity index (χ2n) is 5.22. The average molecular weight is 297 g/mol. The predicted molar refractivity (Wildman–Crippen MR) is 80.0 cm³/mol. The Morgan fingerprint density at radius 1 is 0.909 bits per heavy atom. The average Bonchev–Trinajstić information content (AvgIpc) is 2.81. The van der Waals surface area contributed by atoms with Gasteiger partial charge in [-0.1, -0.05) is 42.5 Å². The Labute approximate surface area is 128 Å². The molecule has 0 saturated heterocycles. The summed E-state index contributed by atoms with van der Waals surface area (Å²) in [5.41, 5.74) is 1.72. The maximum Gasteiger partial charge on any atom is 0.265 e. The van der Waals surface area contributed by atoms with E-state index in [4.69, 9.17) is 0 Å². The monoisotopic (exact) mass is 297 g/mol. The van der Waals surface area contributed by atoms with Gasteiger partial charge < -0.3 is 10.4 Å². The van der Waals surface area contributed by atoms with Crippen LogP contribution in [0.2, 0.25) is 0 Å². The second kappa shape index (κ2) is 6.09. The maximum atomic E-state index is 12.2. The summed E-state index contributed by atoms with van der Waals surface area (Å²) >= 11 is 0. The van der Waals surface area contributed by atoms with Crippen molar-refractivity contribution in [3.05, 3.63) is 71.3 Å². The number of hydrogen-bond acceptors (Lipinski definition) is 3. The Bertz CT molecular complexity index is 665. The molecule has 0 fully saturated rings. The highest BCUT2D eigenvalue weighted by molar-refractivity contribution is 6.21. The molecule has 2 aromatic carbocycles. The molecule has 5 heteroatoms. The van der Waals surface area contributed by atoms with Gasteiger partial charge in [-0.25, -0.2) is 4.90 Å². The lowest BCUT2D eigenvalue weighted by Gasteiger charge is -2.14. The summed E-state index contributed by atoms with van der Waals surface area (Å²) in [6.07, 6.45) is -0.628. The van der Waals surface area contributed by atoms with Gasteiger partial charge in [0, 0.05) is 0 Å². The fourth-order valence-electron chi connectivity index (χ4n) is 2.58. The molecule has 2 aromatic rings. The summed E-state index contributed by atoms with van der Waals surface area (Å²) in [7, 11) is 0. The zero-order valence-electron chi connectivity index (χ0n) is 12.0. The van der Waals surface area contributed by atoms with Gasteiger partial charge in [0.25, 0.3) is 11.8 Å². The van der Waals surface area contributed by atoms with E-state index in [1.807, 2.05) is 30.3 Å². The molecule has 1 aliphatic heterocycles. The number of fused-ring (bicyclic) bond motifs is 1. The number of aliphatic hydroxyl groups excluding tert-OH is 1. The van der Waals surface area contributed by atoms with Crippen molar-refractivity contribution in [2.75, 3.05) is 13.2 Å². The first-order chi connectivity index (χ1) is 10.7. The van der Waals surface area contributed by atoms with E-state index in [2.05, 4.69) is 0 Å². The van der Waals surface area contributed by atoms with Gasteiger partial charge in [0.15, 0.2) is 6.67 Å². The lowest BCUT2D eigenvalue weighted by molar-refractivity contribution is -0.672.